The third-order valence-electron chi connectivity index (χ3n) is 13.2. The largest absolute Gasteiger partial charge is 0.509 e. The van der Waals surface area contributed by atoms with Crippen LogP contribution in [0.2, 0.25) is 0 Å². The molecule has 58 heavy (non-hydrogen) atoms. The molecule has 0 aliphatic carbocycles. The van der Waals surface area contributed by atoms with Gasteiger partial charge in [-0.15, -0.1) is 0 Å². The van der Waals surface area contributed by atoms with E-state index >= 15 is 0 Å². The van der Waals surface area contributed by atoms with E-state index in [2.05, 4.69) is 66.7 Å². The summed E-state index contributed by atoms with van der Waals surface area (Å²) in [5.41, 5.74) is 15.4. The summed E-state index contributed by atoms with van der Waals surface area (Å²) >= 11 is 0. The fraction of sp³-hybridized carbons (Fsp3) is 0. The van der Waals surface area contributed by atoms with Crippen molar-refractivity contribution in [2.75, 3.05) is 0 Å². The molecule has 0 spiro atoms. The van der Waals surface area contributed by atoms with Gasteiger partial charge in [0, 0.05) is 21.9 Å². The second-order valence-corrected chi connectivity index (χ2v) is 16.0. The van der Waals surface area contributed by atoms with E-state index in [0.29, 0.717) is 33.0 Å². The molecule has 0 aliphatic rings. The van der Waals surface area contributed by atoms with Crippen LogP contribution in [0, 0.1) is 0 Å². The summed E-state index contributed by atoms with van der Waals surface area (Å²) in [5, 5.41) is 53.0. The first kappa shape index (κ1) is 37.4. The minimum atomic E-state index is 0.0148. The smallest absolute Gasteiger partial charge is 0.145 e. The Morgan fingerprint density at radius 3 is 1.33 bits per heavy atom. The van der Waals surface area contributed by atoms with Gasteiger partial charge in [-0.1, -0.05) is 117 Å². The number of hydrogen-bond acceptors (Lipinski definition) is 5. The Balaban J connectivity index is 1.44. The molecule has 0 aliphatic heterocycles. The highest BCUT2D eigenvalue weighted by molar-refractivity contribution is 6.65. The summed E-state index contributed by atoms with van der Waals surface area (Å²) < 4.78 is 6.39. The fourth-order valence-electron chi connectivity index (χ4n) is 9.46. The van der Waals surface area contributed by atoms with Crippen LogP contribution in [0.5, 0.6) is 23.0 Å². The molecular formula is C44H37B9O5. The SMILES string of the molecule is Bc1c(B)c(O)c(-c2c3c(B)c(B)c(O)c(B)c3c(-c3ccc(-c4c(-c5ccccc5)ccc5oc6ccccc6c45)cc3)c3c(B)c(O)c(B)c(B)c23)c(O)c1B. The number of para-hydroxylation sites is 1. The summed E-state index contributed by atoms with van der Waals surface area (Å²) in [4.78, 5) is 0. The van der Waals surface area contributed by atoms with Crippen LogP contribution in [0.3, 0.4) is 0 Å². The van der Waals surface area contributed by atoms with Gasteiger partial charge in [0.25, 0.3) is 0 Å². The third kappa shape index (κ3) is 5.16. The molecule has 0 saturated heterocycles. The molecule has 270 valence electrons. The van der Waals surface area contributed by atoms with Crippen molar-refractivity contribution in [2.24, 2.45) is 0 Å². The van der Waals surface area contributed by atoms with Crippen LogP contribution in [-0.4, -0.2) is 91.0 Å². The topological polar surface area (TPSA) is 94.1 Å². The van der Waals surface area contributed by atoms with Crippen molar-refractivity contribution >= 4 is 163 Å². The van der Waals surface area contributed by atoms with E-state index in [-0.39, 0.29) is 23.0 Å². The molecular weight excluding hydrogens is 706 g/mol. The quantitative estimate of drug-likeness (QED) is 0.108. The summed E-state index contributed by atoms with van der Waals surface area (Å²) in [6.07, 6.45) is 0. The van der Waals surface area contributed by atoms with E-state index in [0.717, 1.165) is 104 Å². The standard InChI is InChI=1S/C44H37B9O5/c45-32-29-26(31-41(54)39(52)36(49)40(53)42(31)55)30-28(35(48)44(57)38(51)33(30)46)24(27(29)34(47)43(56)37(32)50)18-12-10-17(11-13-18)23-19(16-6-2-1-3-7-16)14-15-22-25(23)20-8-4-5-9-21(20)58-22/h1-15,54-57H,45-53H2. The molecule has 9 aromatic rings. The van der Waals surface area contributed by atoms with Gasteiger partial charge in [0.05, 0.1) is 5.56 Å². The Hall–Kier alpha value is -6.14. The number of rotatable bonds is 4. The molecule has 4 N–H and O–H groups in total. The Kier molecular flexibility index (Phi) is 8.70. The minimum absolute atomic E-state index is 0.0148. The third-order valence-corrected chi connectivity index (χ3v) is 13.2. The first-order valence-electron chi connectivity index (χ1n) is 19.8. The predicted molar refractivity (Wildman–Crippen MR) is 271 cm³/mol. The van der Waals surface area contributed by atoms with Crippen LogP contribution >= 0.6 is 0 Å². The van der Waals surface area contributed by atoms with Crippen molar-refractivity contribution in [1.82, 2.24) is 0 Å². The minimum Gasteiger partial charge on any atom is -0.509 e. The number of aromatic hydroxyl groups is 4. The molecule has 0 saturated carbocycles. The lowest BCUT2D eigenvalue weighted by atomic mass is 9.63. The van der Waals surface area contributed by atoms with Crippen LogP contribution in [0.4, 0.5) is 0 Å². The van der Waals surface area contributed by atoms with Gasteiger partial charge in [-0.05, 0) is 72.4 Å². The van der Waals surface area contributed by atoms with Crippen molar-refractivity contribution in [3.8, 4) is 67.5 Å². The molecule has 0 atom stereocenters. The molecule has 14 heteroatoms. The number of phenols is 4. The predicted octanol–water partition coefficient (Wildman–Crippen LogP) is -4.29. The second kappa shape index (κ2) is 13.5. The van der Waals surface area contributed by atoms with E-state index in [1.165, 1.54) is 0 Å². The number of furan rings is 1. The maximum Gasteiger partial charge on any atom is 0.145 e. The van der Waals surface area contributed by atoms with Gasteiger partial charge < -0.3 is 24.8 Å². The molecule has 0 amide bonds. The number of phenolic OH excluding ortho intramolecular Hbond substituents is 4. The lowest BCUT2D eigenvalue weighted by molar-refractivity contribution is 0.460. The molecule has 9 rings (SSSR count). The highest BCUT2D eigenvalue weighted by Gasteiger charge is 2.30. The summed E-state index contributed by atoms with van der Waals surface area (Å²) in [7, 11) is 17.3. The molecule has 0 bridgehead atoms. The van der Waals surface area contributed by atoms with Crippen molar-refractivity contribution in [1.29, 1.82) is 0 Å². The van der Waals surface area contributed by atoms with E-state index in [9.17, 15) is 20.4 Å². The molecule has 1 heterocycles. The Bertz CT molecular complexity index is 3140. The average Bonchev–Trinajstić information content (AvgIpc) is 3.63. The number of benzene rings is 8. The van der Waals surface area contributed by atoms with E-state index in [1.54, 1.807) is 0 Å². The lowest BCUT2D eigenvalue weighted by Crippen LogP contribution is -2.40. The summed E-state index contributed by atoms with van der Waals surface area (Å²) in [5.74, 6) is 0.409. The van der Waals surface area contributed by atoms with Gasteiger partial charge >= 0.3 is 0 Å². The Morgan fingerprint density at radius 2 is 0.776 bits per heavy atom. The van der Waals surface area contributed by atoms with Crippen molar-refractivity contribution in [2.45, 2.75) is 0 Å². The van der Waals surface area contributed by atoms with Crippen LogP contribution < -0.4 is 49.2 Å². The van der Waals surface area contributed by atoms with Crippen LogP contribution in [0.15, 0.2) is 95.4 Å². The molecule has 1 aromatic heterocycles. The highest BCUT2D eigenvalue weighted by atomic mass is 16.3. The van der Waals surface area contributed by atoms with Crippen LogP contribution in [0.25, 0.3) is 88.0 Å². The first-order valence-corrected chi connectivity index (χ1v) is 19.8. The lowest BCUT2D eigenvalue weighted by Gasteiger charge is -2.28. The van der Waals surface area contributed by atoms with Gasteiger partial charge in [-0.2, -0.15) is 0 Å². The van der Waals surface area contributed by atoms with E-state index in [1.807, 2.05) is 94.9 Å². The van der Waals surface area contributed by atoms with E-state index < -0.39 is 0 Å². The zero-order valence-corrected chi connectivity index (χ0v) is 34.4. The average molecular weight is 743 g/mol. The van der Waals surface area contributed by atoms with Gasteiger partial charge in [0.1, 0.15) is 105 Å². The van der Waals surface area contributed by atoms with Crippen LogP contribution in [0.1, 0.15) is 0 Å². The molecule has 0 radical (unpaired) electrons. The monoisotopic (exact) mass is 744 g/mol. The van der Waals surface area contributed by atoms with Gasteiger partial charge in [-0.3, -0.25) is 0 Å². The Labute approximate surface area is 345 Å². The number of fused-ring (bicyclic) bond motifs is 5. The normalized spacial score (nSPS) is 11.7. The number of hydrogen-bond donors (Lipinski definition) is 4. The van der Waals surface area contributed by atoms with Crippen molar-refractivity contribution in [3.05, 3.63) is 91.0 Å². The first-order chi connectivity index (χ1) is 27.7. The highest BCUT2D eigenvalue weighted by Crippen LogP contribution is 2.47. The van der Waals surface area contributed by atoms with Gasteiger partial charge in [0.15, 0.2) is 0 Å². The Morgan fingerprint density at radius 1 is 0.310 bits per heavy atom. The maximum atomic E-state index is 12.0. The fourth-order valence-corrected chi connectivity index (χ4v) is 9.46. The maximum absolute atomic E-state index is 12.0. The van der Waals surface area contributed by atoms with Gasteiger partial charge in [0.2, 0.25) is 0 Å². The molecule has 0 unspecified atom stereocenters. The summed E-state index contributed by atoms with van der Waals surface area (Å²) in [6, 6.07) is 31.3. The van der Waals surface area contributed by atoms with Crippen molar-refractivity contribution in [3.63, 3.8) is 0 Å². The van der Waals surface area contributed by atoms with Crippen molar-refractivity contribution < 1.29 is 24.8 Å². The molecule has 5 nitrogen and oxygen atoms in total. The zero-order chi connectivity index (χ0) is 41.1. The molecule has 0 fully saturated rings. The zero-order valence-electron chi connectivity index (χ0n) is 34.4. The van der Waals surface area contributed by atoms with Gasteiger partial charge in [-0.25, -0.2) is 0 Å². The molecule has 8 aromatic carbocycles. The second-order valence-electron chi connectivity index (χ2n) is 16.0. The summed E-state index contributed by atoms with van der Waals surface area (Å²) in [6.45, 7) is 0. The van der Waals surface area contributed by atoms with E-state index in [4.69, 9.17) is 4.42 Å². The van der Waals surface area contributed by atoms with Crippen LogP contribution in [-0.2, 0) is 0 Å².